The van der Waals surface area contributed by atoms with E-state index < -0.39 is 11.8 Å². The maximum absolute atomic E-state index is 12.9. The summed E-state index contributed by atoms with van der Waals surface area (Å²) in [7, 11) is 0. The van der Waals surface area contributed by atoms with Crippen LogP contribution in [-0.4, -0.2) is 33.2 Å². The lowest BCUT2D eigenvalue weighted by Crippen LogP contribution is -2.46. The standard InChI is InChI=1S/C20H25N5O2/c1-12-4-7-17(15-6-5-14(3)22-9-15)25(11-12)20(27)19(26)24-16-8-13(2)18(21)23-10-16/h5-6,8-10,12,17H,4,7,11H2,1-3H3,(H2,21,23)(H,24,26)/t12-,17?/m0/s1. The number of amides is 2. The van der Waals surface area contributed by atoms with E-state index >= 15 is 0 Å². The van der Waals surface area contributed by atoms with Gasteiger partial charge in [0.1, 0.15) is 5.82 Å². The molecule has 1 saturated heterocycles. The Balaban J connectivity index is 1.79. The van der Waals surface area contributed by atoms with Gasteiger partial charge in [0.25, 0.3) is 0 Å². The topological polar surface area (TPSA) is 101 Å². The van der Waals surface area contributed by atoms with E-state index in [-0.39, 0.29) is 6.04 Å². The molecule has 2 aromatic heterocycles. The molecular formula is C20H25N5O2. The molecule has 3 N–H and O–H groups in total. The number of nitrogens with two attached hydrogens (primary N) is 1. The predicted molar refractivity (Wildman–Crippen MR) is 104 cm³/mol. The average molecular weight is 367 g/mol. The van der Waals surface area contributed by atoms with Crippen LogP contribution in [-0.2, 0) is 9.59 Å². The second-order valence-corrected chi connectivity index (χ2v) is 7.27. The van der Waals surface area contributed by atoms with Crippen LogP contribution in [0.1, 0.15) is 42.6 Å². The number of nitrogens with zero attached hydrogens (tertiary/aromatic N) is 3. The van der Waals surface area contributed by atoms with E-state index in [0.29, 0.717) is 24.0 Å². The number of carbonyl (C=O) groups excluding carboxylic acids is 2. The van der Waals surface area contributed by atoms with Crippen molar-refractivity contribution in [3.8, 4) is 0 Å². The minimum absolute atomic E-state index is 0.140. The third-order valence-electron chi connectivity index (χ3n) is 4.97. The number of aryl methyl sites for hydroxylation is 2. The van der Waals surface area contributed by atoms with Gasteiger partial charge in [-0.05, 0) is 55.9 Å². The van der Waals surface area contributed by atoms with Crippen LogP contribution in [0.4, 0.5) is 11.5 Å². The zero-order chi connectivity index (χ0) is 19.6. The Labute approximate surface area is 159 Å². The van der Waals surface area contributed by atoms with Crippen LogP contribution < -0.4 is 11.1 Å². The molecule has 3 rings (SSSR count). The monoisotopic (exact) mass is 367 g/mol. The van der Waals surface area contributed by atoms with E-state index in [1.165, 1.54) is 6.20 Å². The molecule has 27 heavy (non-hydrogen) atoms. The van der Waals surface area contributed by atoms with Crippen LogP contribution in [0.15, 0.2) is 30.6 Å². The first-order chi connectivity index (χ1) is 12.8. The normalized spacial score (nSPS) is 19.6. The molecular weight excluding hydrogens is 342 g/mol. The van der Waals surface area contributed by atoms with Crippen LogP contribution in [0.5, 0.6) is 0 Å². The lowest BCUT2D eigenvalue weighted by molar-refractivity contribution is -0.146. The Bertz CT molecular complexity index is 850. The van der Waals surface area contributed by atoms with Gasteiger partial charge in [-0.1, -0.05) is 13.0 Å². The van der Waals surface area contributed by atoms with E-state index in [1.54, 1.807) is 24.1 Å². The fourth-order valence-electron chi connectivity index (χ4n) is 3.37. The number of carbonyl (C=O) groups is 2. The molecule has 3 heterocycles. The molecule has 2 atom stereocenters. The van der Waals surface area contributed by atoms with Crippen LogP contribution in [0.25, 0.3) is 0 Å². The van der Waals surface area contributed by atoms with Gasteiger partial charge in [0, 0.05) is 18.4 Å². The highest BCUT2D eigenvalue weighted by atomic mass is 16.2. The number of nitrogens with one attached hydrogen (secondary N) is 1. The van der Waals surface area contributed by atoms with Gasteiger partial charge in [0.15, 0.2) is 0 Å². The van der Waals surface area contributed by atoms with E-state index in [9.17, 15) is 9.59 Å². The summed E-state index contributed by atoms with van der Waals surface area (Å²) in [5.74, 6) is -0.463. The molecule has 1 unspecified atom stereocenters. The number of likely N-dealkylation sites (tertiary alicyclic amines) is 1. The first-order valence-electron chi connectivity index (χ1n) is 9.11. The van der Waals surface area contributed by atoms with Crippen molar-refractivity contribution in [1.82, 2.24) is 14.9 Å². The molecule has 7 nitrogen and oxygen atoms in total. The fraction of sp³-hybridized carbons (Fsp3) is 0.400. The molecule has 0 aromatic carbocycles. The first kappa shape index (κ1) is 18.8. The van der Waals surface area contributed by atoms with Gasteiger partial charge in [-0.15, -0.1) is 0 Å². The summed E-state index contributed by atoms with van der Waals surface area (Å²) in [4.78, 5) is 35.5. The van der Waals surface area contributed by atoms with Crippen molar-refractivity contribution in [2.24, 2.45) is 5.92 Å². The minimum Gasteiger partial charge on any atom is -0.383 e. The number of hydrogen-bond donors (Lipinski definition) is 2. The smallest absolute Gasteiger partial charge is 0.313 e. The summed E-state index contributed by atoms with van der Waals surface area (Å²) in [6, 6.07) is 5.47. The van der Waals surface area contributed by atoms with Gasteiger partial charge >= 0.3 is 11.8 Å². The largest absolute Gasteiger partial charge is 0.383 e. The van der Waals surface area contributed by atoms with Crippen molar-refractivity contribution in [3.05, 3.63) is 47.4 Å². The number of piperidine rings is 1. The highest BCUT2D eigenvalue weighted by Gasteiger charge is 2.34. The Hall–Kier alpha value is -2.96. The summed E-state index contributed by atoms with van der Waals surface area (Å²) >= 11 is 0. The van der Waals surface area contributed by atoms with Crippen molar-refractivity contribution >= 4 is 23.3 Å². The highest BCUT2D eigenvalue weighted by molar-refractivity contribution is 6.39. The molecule has 142 valence electrons. The summed E-state index contributed by atoms with van der Waals surface area (Å²) in [6.45, 7) is 6.36. The summed E-state index contributed by atoms with van der Waals surface area (Å²) in [6.07, 6.45) is 5.06. The zero-order valence-electron chi connectivity index (χ0n) is 15.9. The van der Waals surface area contributed by atoms with E-state index in [2.05, 4.69) is 22.2 Å². The predicted octanol–water partition coefficient (Wildman–Crippen LogP) is 2.61. The van der Waals surface area contributed by atoms with Gasteiger partial charge in [-0.3, -0.25) is 14.6 Å². The van der Waals surface area contributed by atoms with Crippen LogP contribution in [0, 0.1) is 19.8 Å². The highest BCUT2D eigenvalue weighted by Crippen LogP contribution is 2.33. The molecule has 0 radical (unpaired) electrons. The van der Waals surface area contributed by atoms with Crippen LogP contribution in [0.3, 0.4) is 0 Å². The Kier molecular flexibility index (Phi) is 5.39. The van der Waals surface area contributed by atoms with Crippen molar-refractivity contribution < 1.29 is 9.59 Å². The summed E-state index contributed by atoms with van der Waals surface area (Å²) in [5.41, 5.74) is 8.78. The second-order valence-electron chi connectivity index (χ2n) is 7.27. The quantitative estimate of drug-likeness (QED) is 0.795. The molecule has 1 fully saturated rings. The number of hydrogen-bond acceptors (Lipinski definition) is 5. The fourth-order valence-corrected chi connectivity index (χ4v) is 3.37. The number of rotatable bonds is 2. The molecule has 0 bridgehead atoms. The van der Waals surface area contributed by atoms with Crippen LogP contribution in [0.2, 0.25) is 0 Å². The number of anilines is 2. The third-order valence-corrected chi connectivity index (χ3v) is 4.97. The Morgan fingerprint density at radius 2 is 1.96 bits per heavy atom. The third kappa shape index (κ3) is 4.24. The van der Waals surface area contributed by atoms with Gasteiger partial charge in [0.05, 0.1) is 17.9 Å². The van der Waals surface area contributed by atoms with E-state index in [0.717, 1.165) is 29.7 Å². The number of pyridine rings is 2. The van der Waals surface area contributed by atoms with Crippen molar-refractivity contribution in [2.75, 3.05) is 17.6 Å². The van der Waals surface area contributed by atoms with Gasteiger partial charge in [-0.2, -0.15) is 0 Å². The van der Waals surface area contributed by atoms with Crippen molar-refractivity contribution in [2.45, 2.75) is 39.7 Å². The Morgan fingerprint density at radius 1 is 1.19 bits per heavy atom. The second kappa shape index (κ2) is 7.73. The van der Waals surface area contributed by atoms with Crippen LogP contribution >= 0.6 is 0 Å². The molecule has 1 aliphatic heterocycles. The zero-order valence-corrected chi connectivity index (χ0v) is 15.9. The van der Waals surface area contributed by atoms with E-state index in [4.69, 9.17) is 5.73 Å². The molecule has 2 aromatic rings. The Morgan fingerprint density at radius 3 is 2.63 bits per heavy atom. The minimum atomic E-state index is -0.667. The average Bonchev–Trinajstić information content (AvgIpc) is 2.65. The van der Waals surface area contributed by atoms with Gasteiger partial charge < -0.3 is 16.0 Å². The SMILES string of the molecule is Cc1ccc(C2CC[C@H](C)CN2C(=O)C(=O)Nc2cnc(N)c(C)c2)cn1. The molecule has 0 saturated carbocycles. The lowest BCUT2D eigenvalue weighted by atomic mass is 9.90. The summed E-state index contributed by atoms with van der Waals surface area (Å²) in [5, 5.41) is 2.64. The van der Waals surface area contributed by atoms with Crippen molar-refractivity contribution in [3.63, 3.8) is 0 Å². The molecule has 2 amide bonds. The maximum Gasteiger partial charge on any atom is 0.313 e. The summed E-state index contributed by atoms with van der Waals surface area (Å²) < 4.78 is 0. The first-order valence-corrected chi connectivity index (χ1v) is 9.11. The molecule has 7 heteroatoms. The van der Waals surface area contributed by atoms with E-state index in [1.807, 2.05) is 19.1 Å². The van der Waals surface area contributed by atoms with Gasteiger partial charge in [-0.25, -0.2) is 4.98 Å². The number of aromatic nitrogens is 2. The lowest BCUT2D eigenvalue weighted by Gasteiger charge is -2.38. The molecule has 0 aliphatic carbocycles. The molecule has 0 spiro atoms. The number of nitrogen functional groups attached to an aromatic ring is 1. The molecule has 1 aliphatic rings. The maximum atomic E-state index is 12.9. The van der Waals surface area contributed by atoms with Crippen molar-refractivity contribution in [1.29, 1.82) is 0 Å². The van der Waals surface area contributed by atoms with Gasteiger partial charge in [0.2, 0.25) is 0 Å².